The van der Waals surface area contributed by atoms with Crippen LogP contribution in [0.2, 0.25) is 0 Å². The number of benzene rings is 8. The monoisotopic (exact) mass is 676 g/mol. The first-order chi connectivity index (χ1) is 26.3. The zero-order chi connectivity index (χ0) is 35.1. The van der Waals surface area contributed by atoms with Gasteiger partial charge >= 0.3 is 0 Å². The Balaban J connectivity index is 1.02. The molecule has 0 saturated heterocycles. The maximum absolute atomic E-state index is 2.49. The van der Waals surface area contributed by atoms with Gasteiger partial charge in [0.1, 0.15) is 0 Å². The summed E-state index contributed by atoms with van der Waals surface area (Å²) in [5.74, 6) is 0.109. The molecule has 0 amide bonds. The predicted molar refractivity (Wildman–Crippen MR) is 222 cm³/mol. The van der Waals surface area contributed by atoms with E-state index in [1.165, 1.54) is 66.8 Å². The van der Waals surface area contributed by atoms with E-state index in [1.54, 1.807) is 0 Å². The molecule has 0 aliphatic heterocycles. The van der Waals surface area contributed by atoms with Crippen molar-refractivity contribution in [3.8, 4) is 39.1 Å². The molecule has 2 heteroatoms. The molecule has 8 aromatic carbocycles. The Morgan fingerprint density at radius 1 is 0.396 bits per heavy atom. The van der Waals surface area contributed by atoms with Gasteiger partial charge in [-0.05, 0) is 99.6 Å². The van der Waals surface area contributed by atoms with Crippen LogP contribution in [0.1, 0.15) is 22.7 Å². The average molecular weight is 677 g/mol. The second-order valence-corrected chi connectivity index (χ2v) is 13.7. The third-order valence-electron chi connectivity index (χ3n) is 10.7. The largest absolute Gasteiger partial charge is 0.312 e. The summed E-state index contributed by atoms with van der Waals surface area (Å²) in [6, 6.07) is 76.8. The molecular weight excluding hydrogens is 641 g/mol. The highest BCUT2D eigenvalue weighted by molar-refractivity contribution is 6.04. The quantitative estimate of drug-likeness (QED) is 0.163. The third kappa shape index (κ3) is 5.35. The van der Waals surface area contributed by atoms with Crippen molar-refractivity contribution in [3.63, 3.8) is 0 Å². The van der Waals surface area contributed by atoms with E-state index in [4.69, 9.17) is 0 Å². The number of rotatable bonds is 7. The lowest BCUT2D eigenvalue weighted by Gasteiger charge is -2.25. The standard InChI is InChI=1S/C51H36N2/c1-5-15-39(16-6-1)49-47-35-40(31-34-45(47)50-46-23-13-14-24-48(46)53(51(49)50)43-21-11-4-12-22-43)38-27-25-36(26-28-38)37-29-32-44(33-30-37)52(41-17-7-2-8-18-41)42-19-9-3-10-20-42/h1-35,49H. The lowest BCUT2D eigenvalue weighted by Crippen LogP contribution is -2.09. The van der Waals surface area contributed by atoms with Gasteiger partial charge in [0.05, 0.1) is 11.4 Å². The number of para-hydroxylation sites is 4. The van der Waals surface area contributed by atoms with Crippen molar-refractivity contribution >= 4 is 28.0 Å². The van der Waals surface area contributed by atoms with Gasteiger partial charge in [0.15, 0.2) is 0 Å². The topological polar surface area (TPSA) is 8.17 Å². The van der Waals surface area contributed by atoms with E-state index in [-0.39, 0.29) is 5.92 Å². The smallest absolute Gasteiger partial charge is 0.0538 e. The molecule has 0 saturated carbocycles. The van der Waals surface area contributed by atoms with Crippen LogP contribution in [0.4, 0.5) is 17.1 Å². The normalized spacial score (nSPS) is 13.1. The van der Waals surface area contributed by atoms with E-state index in [1.807, 2.05) is 0 Å². The van der Waals surface area contributed by atoms with Gasteiger partial charge < -0.3 is 9.47 Å². The van der Waals surface area contributed by atoms with Gasteiger partial charge in [-0.2, -0.15) is 0 Å². The summed E-state index contributed by atoms with van der Waals surface area (Å²) in [6.07, 6.45) is 0. The van der Waals surface area contributed by atoms with Crippen molar-refractivity contribution in [3.05, 3.63) is 229 Å². The van der Waals surface area contributed by atoms with Crippen molar-refractivity contribution in [2.24, 2.45) is 0 Å². The van der Waals surface area contributed by atoms with Crippen LogP contribution >= 0.6 is 0 Å². The molecule has 0 fully saturated rings. The summed E-state index contributed by atoms with van der Waals surface area (Å²) < 4.78 is 2.49. The summed E-state index contributed by atoms with van der Waals surface area (Å²) >= 11 is 0. The maximum atomic E-state index is 2.49. The minimum Gasteiger partial charge on any atom is -0.312 e. The second kappa shape index (κ2) is 13.0. The highest BCUT2D eigenvalue weighted by Crippen LogP contribution is 2.54. The lowest BCUT2D eigenvalue weighted by atomic mass is 9.89. The Bertz CT molecular complexity index is 2640. The Morgan fingerprint density at radius 2 is 0.868 bits per heavy atom. The van der Waals surface area contributed by atoms with Gasteiger partial charge in [0, 0.05) is 39.4 Å². The van der Waals surface area contributed by atoms with Gasteiger partial charge in [-0.3, -0.25) is 0 Å². The zero-order valence-electron chi connectivity index (χ0n) is 29.2. The number of fused-ring (bicyclic) bond motifs is 5. The molecule has 1 aliphatic carbocycles. The van der Waals surface area contributed by atoms with Crippen LogP contribution in [0.25, 0.3) is 50.0 Å². The molecule has 53 heavy (non-hydrogen) atoms. The number of hydrogen-bond acceptors (Lipinski definition) is 1. The van der Waals surface area contributed by atoms with Crippen LogP contribution in [0, 0.1) is 0 Å². The van der Waals surface area contributed by atoms with Gasteiger partial charge in [-0.15, -0.1) is 0 Å². The predicted octanol–water partition coefficient (Wildman–Crippen LogP) is 13.6. The van der Waals surface area contributed by atoms with Crippen molar-refractivity contribution in [2.75, 3.05) is 4.90 Å². The maximum Gasteiger partial charge on any atom is 0.0538 e. The van der Waals surface area contributed by atoms with E-state index >= 15 is 0 Å². The summed E-state index contributed by atoms with van der Waals surface area (Å²) in [5.41, 5.74) is 17.3. The van der Waals surface area contributed by atoms with Crippen LogP contribution in [0.5, 0.6) is 0 Å². The first-order valence-electron chi connectivity index (χ1n) is 18.3. The zero-order valence-corrected chi connectivity index (χ0v) is 29.2. The fourth-order valence-corrected chi connectivity index (χ4v) is 8.27. The van der Waals surface area contributed by atoms with Crippen LogP contribution < -0.4 is 4.90 Å². The average Bonchev–Trinajstić information content (AvgIpc) is 3.75. The van der Waals surface area contributed by atoms with Crippen molar-refractivity contribution in [1.29, 1.82) is 0 Å². The van der Waals surface area contributed by atoms with E-state index in [2.05, 4.69) is 222 Å². The minimum absolute atomic E-state index is 0.109. The fourth-order valence-electron chi connectivity index (χ4n) is 8.27. The molecule has 0 radical (unpaired) electrons. The molecule has 1 atom stereocenters. The van der Waals surface area contributed by atoms with Crippen LogP contribution in [0.3, 0.4) is 0 Å². The van der Waals surface area contributed by atoms with Crippen molar-refractivity contribution in [2.45, 2.75) is 5.92 Å². The molecule has 1 unspecified atom stereocenters. The lowest BCUT2D eigenvalue weighted by molar-refractivity contribution is 0.903. The number of hydrogen-bond donors (Lipinski definition) is 0. The first kappa shape index (κ1) is 30.9. The fraction of sp³-hybridized carbons (Fsp3) is 0.0196. The molecule has 250 valence electrons. The molecule has 2 nitrogen and oxygen atoms in total. The summed E-state index contributed by atoms with van der Waals surface area (Å²) in [7, 11) is 0. The summed E-state index contributed by atoms with van der Waals surface area (Å²) in [6.45, 7) is 0. The van der Waals surface area contributed by atoms with Gasteiger partial charge in [-0.1, -0.05) is 152 Å². The third-order valence-corrected chi connectivity index (χ3v) is 10.7. The Labute approximate surface area is 310 Å². The van der Waals surface area contributed by atoms with Gasteiger partial charge in [-0.25, -0.2) is 0 Å². The van der Waals surface area contributed by atoms with E-state index in [0.717, 1.165) is 17.1 Å². The number of nitrogens with zero attached hydrogens (tertiary/aromatic N) is 2. The second-order valence-electron chi connectivity index (χ2n) is 13.7. The number of anilines is 3. The van der Waals surface area contributed by atoms with E-state index in [0.29, 0.717) is 0 Å². The van der Waals surface area contributed by atoms with Crippen LogP contribution in [-0.2, 0) is 0 Å². The van der Waals surface area contributed by atoms with Crippen molar-refractivity contribution < 1.29 is 0 Å². The van der Waals surface area contributed by atoms with Gasteiger partial charge in [0.25, 0.3) is 0 Å². The van der Waals surface area contributed by atoms with E-state index < -0.39 is 0 Å². The molecule has 0 bridgehead atoms. The van der Waals surface area contributed by atoms with Gasteiger partial charge in [0.2, 0.25) is 0 Å². The summed E-state index contributed by atoms with van der Waals surface area (Å²) in [4.78, 5) is 2.30. The van der Waals surface area contributed by atoms with Crippen LogP contribution in [-0.4, -0.2) is 4.57 Å². The highest BCUT2D eigenvalue weighted by Gasteiger charge is 2.36. The highest BCUT2D eigenvalue weighted by atomic mass is 15.1. The SMILES string of the molecule is c1ccc(C2c3cc(-c4ccc(-c5ccc(N(c6ccccc6)c6ccccc6)cc5)cc4)ccc3-c3c2n(-c2ccccc2)c2ccccc32)cc1. The van der Waals surface area contributed by atoms with Crippen LogP contribution in [0.15, 0.2) is 212 Å². The van der Waals surface area contributed by atoms with Crippen molar-refractivity contribution in [1.82, 2.24) is 4.57 Å². The molecule has 10 rings (SSSR count). The molecule has 1 heterocycles. The number of aromatic nitrogens is 1. The molecule has 0 N–H and O–H groups in total. The molecule has 1 aromatic heterocycles. The molecule has 0 spiro atoms. The molecule has 1 aliphatic rings. The van der Waals surface area contributed by atoms with E-state index in [9.17, 15) is 0 Å². The Morgan fingerprint density at radius 3 is 1.49 bits per heavy atom. The molecule has 9 aromatic rings. The first-order valence-corrected chi connectivity index (χ1v) is 18.3. The molecular formula is C51H36N2. The summed E-state index contributed by atoms with van der Waals surface area (Å²) in [5, 5.41) is 1.30. The Kier molecular flexibility index (Phi) is 7.58. The minimum atomic E-state index is 0.109. The Hall–Kier alpha value is -6.90.